The second kappa shape index (κ2) is 7.33. The highest BCUT2D eigenvalue weighted by molar-refractivity contribution is 7.89. The first kappa shape index (κ1) is 17.6. The van der Waals surface area contributed by atoms with E-state index in [1.54, 1.807) is 42.7 Å². The van der Waals surface area contributed by atoms with Gasteiger partial charge in [0, 0.05) is 25.5 Å². The molecule has 3 rings (SSSR count). The van der Waals surface area contributed by atoms with E-state index in [0.29, 0.717) is 25.9 Å². The highest BCUT2D eigenvalue weighted by Gasteiger charge is 2.39. The molecule has 1 aliphatic rings. The van der Waals surface area contributed by atoms with Crippen LogP contribution < -0.4 is 5.32 Å². The van der Waals surface area contributed by atoms with Gasteiger partial charge in [-0.2, -0.15) is 4.31 Å². The summed E-state index contributed by atoms with van der Waals surface area (Å²) in [5.41, 5.74) is 1.87. The Morgan fingerprint density at radius 2 is 2.04 bits per heavy atom. The van der Waals surface area contributed by atoms with Gasteiger partial charge in [0.1, 0.15) is 6.04 Å². The second-order valence-electron chi connectivity index (χ2n) is 6.17. The van der Waals surface area contributed by atoms with Crippen LogP contribution in [0.2, 0.25) is 0 Å². The number of sulfonamides is 1. The predicted octanol–water partition coefficient (Wildman–Crippen LogP) is 1.86. The molecule has 25 heavy (non-hydrogen) atoms. The molecule has 2 aromatic rings. The molecule has 1 aliphatic heterocycles. The van der Waals surface area contributed by atoms with E-state index in [4.69, 9.17) is 0 Å². The number of pyridine rings is 1. The van der Waals surface area contributed by atoms with Crippen molar-refractivity contribution in [2.24, 2.45) is 0 Å². The Morgan fingerprint density at radius 1 is 1.28 bits per heavy atom. The summed E-state index contributed by atoms with van der Waals surface area (Å²) in [7, 11) is -3.67. The van der Waals surface area contributed by atoms with Crippen molar-refractivity contribution in [3.63, 3.8) is 0 Å². The van der Waals surface area contributed by atoms with E-state index in [2.05, 4.69) is 10.3 Å². The van der Waals surface area contributed by atoms with Gasteiger partial charge in [-0.1, -0.05) is 23.8 Å². The monoisotopic (exact) mass is 359 g/mol. The van der Waals surface area contributed by atoms with Crippen LogP contribution in [0.3, 0.4) is 0 Å². The molecule has 132 valence electrons. The number of carbonyl (C=O) groups excluding carboxylic acids is 1. The molecule has 1 aromatic heterocycles. The molecule has 1 unspecified atom stereocenters. The summed E-state index contributed by atoms with van der Waals surface area (Å²) in [6.45, 7) is 2.60. The molecule has 0 aliphatic carbocycles. The third-order valence-electron chi connectivity index (χ3n) is 4.32. The summed E-state index contributed by atoms with van der Waals surface area (Å²) in [4.78, 5) is 16.8. The molecular weight excluding hydrogens is 338 g/mol. The molecule has 0 bridgehead atoms. The molecule has 0 radical (unpaired) electrons. The average molecular weight is 359 g/mol. The first-order chi connectivity index (χ1) is 12.0. The van der Waals surface area contributed by atoms with Gasteiger partial charge in [0.15, 0.2) is 0 Å². The maximum Gasteiger partial charge on any atom is 0.243 e. The zero-order valence-electron chi connectivity index (χ0n) is 14.1. The highest BCUT2D eigenvalue weighted by atomic mass is 32.2. The van der Waals surface area contributed by atoms with Crippen molar-refractivity contribution < 1.29 is 13.2 Å². The van der Waals surface area contributed by atoms with Crippen molar-refractivity contribution >= 4 is 15.9 Å². The average Bonchev–Trinajstić information content (AvgIpc) is 3.12. The first-order valence-electron chi connectivity index (χ1n) is 8.23. The van der Waals surface area contributed by atoms with Crippen molar-refractivity contribution in [2.45, 2.75) is 37.2 Å². The lowest BCUT2D eigenvalue weighted by molar-refractivity contribution is -0.124. The lowest BCUT2D eigenvalue weighted by atomic mass is 10.2. The molecule has 6 nitrogen and oxygen atoms in total. The second-order valence-corrected chi connectivity index (χ2v) is 8.06. The lowest BCUT2D eigenvalue weighted by Gasteiger charge is -2.23. The van der Waals surface area contributed by atoms with Crippen molar-refractivity contribution in [3.8, 4) is 0 Å². The number of hydrogen-bond donors (Lipinski definition) is 1. The van der Waals surface area contributed by atoms with E-state index in [-0.39, 0.29) is 10.8 Å². The van der Waals surface area contributed by atoms with Crippen LogP contribution in [0.15, 0.2) is 53.7 Å². The topological polar surface area (TPSA) is 79.4 Å². The third kappa shape index (κ3) is 3.88. The maximum absolute atomic E-state index is 12.9. The molecule has 0 spiro atoms. The molecule has 1 N–H and O–H groups in total. The number of carbonyl (C=O) groups is 1. The Kier molecular flexibility index (Phi) is 5.15. The van der Waals surface area contributed by atoms with Gasteiger partial charge in [-0.3, -0.25) is 9.78 Å². The summed E-state index contributed by atoms with van der Waals surface area (Å²) in [6.07, 6.45) is 4.55. The minimum Gasteiger partial charge on any atom is -0.351 e. The molecular formula is C18H21N3O3S. The SMILES string of the molecule is Cc1ccc(S(=O)(=O)N2CCCC2C(=O)NCc2cccnc2)cc1. The number of nitrogens with zero attached hydrogens (tertiary/aromatic N) is 2. The number of amides is 1. The van der Waals surface area contributed by atoms with Crippen molar-refractivity contribution in [1.82, 2.24) is 14.6 Å². The van der Waals surface area contributed by atoms with Gasteiger partial charge in [0.2, 0.25) is 15.9 Å². The van der Waals surface area contributed by atoms with E-state index >= 15 is 0 Å². The first-order valence-corrected chi connectivity index (χ1v) is 9.67. The minimum absolute atomic E-state index is 0.227. The summed E-state index contributed by atoms with van der Waals surface area (Å²) < 4.78 is 27.1. The minimum atomic E-state index is -3.67. The largest absolute Gasteiger partial charge is 0.351 e. The van der Waals surface area contributed by atoms with Gasteiger partial charge in [-0.15, -0.1) is 0 Å². The Hall–Kier alpha value is -2.25. The quantitative estimate of drug-likeness (QED) is 0.884. The lowest BCUT2D eigenvalue weighted by Crippen LogP contribution is -2.45. The predicted molar refractivity (Wildman–Crippen MR) is 94.2 cm³/mol. The van der Waals surface area contributed by atoms with Gasteiger partial charge in [0.05, 0.1) is 4.90 Å². The van der Waals surface area contributed by atoms with E-state index in [9.17, 15) is 13.2 Å². The van der Waals surface area contributed by atoms with Crippen molar-refractivity contribution in [1.29, 1.82) is 0 Å². The number of nitrogens with one attached hydrogen (secondary N) is 1. The van der Waals surface area contributed by atoms with Crippen LogP contribution in [0.4, 0.5) is 0 Å². The Bertz CT molecular complexity index is 836. The molecule has 1 fully saturated rings. The van der Waals surface area contributed by atoms with Crippen LogP contribution in [0.5, 0.6) is 0 Å². The van der Waals surface area contributed by atoms with E-state index in [1.807, 2.05) is 13.0 Å². The maximum atomic E-state index is 12.9. The Labute approximate surface area is 147 Å². The van der Waals surface area contributed by atoms with Gasteiger partial charge in [0.25, 0.3) is 0 Å². The van der Waals surface area contributed by atoms with Gasteiger partial charge >= 0.3 is 0 Å². The van der Waals surface area contributed by atoms with Gasteiger partial charge < -0.3 is 5.32 Å². The third-order valence-corrected chi connectivity index (χ3v) is 6.25. The standard InChI is InChI=1S/C18H21N3O3S/c1-14-6-8-16(9-7-14)25(23,24)21-11-3-5-17(21)18(22)20-13-15-4-2-10-19-12-15/h2,4,6-10,12,17H,3,5,11,13H2,1H3,(H,20,22). The van der Waals surface area contributed by atoms with Crippen molar-refractivity contribution in [3.05, 3.63) is 59.9 Å². The molecule has 0 saturated carbocycles. The zero-order chi connectivity index (χ0) is 17.9. The summed E-state index contributed by atoms with van der Waals surface area (Å²) in [5.74, 6) is -0.267. The molecule has 1 atom stereocenters. The fourth-order valence-electron chi connectivity index (χ4n) is 2.95. The van der Waals surface area contributed by atoms with E-state index < -0.39 is 16.1 Å². The van der Waals surface area contributed by atoms with Crippen LogP contribution in [-0.4, -0.2) is 36.2 Å². The van der Waals surface area contributed by atoms with Crippen molar-refractivity contribution in [2.75, 3.05) is 6.54 Å². The fraction of sp³-hybridized carbons (Fsp3) is 0.333. The Morgan fingerprint density at radius 3 is 2.72 bits per heavy atom. The molecule has 2 heterocycles. The van der Waals surface area contributed by atoms with Gasteiger partial charge in [-0.25, -0.2) is 8.42 Å². The fourth-order valence-corrected chi connectivity index (χ4v) is 4.60. The molecule has 7 heteroatoms. The summed E-state index contributed by atoms with van der Waals surface area (Å²) in [6, 6.07) is 9.71. The number of aromatic nitrogens is 1. The van der Waals surface area contributed by atoms with Crippen LogP contribution in [0, 0.1) is 6.92 Å². The number of rotatable bonds is 5. The number of aryl methyl sites for hydroxylation is 1. The number of hydrogen-bond acceptors (Lipinski definition) is 4. The van der Waals surface area contributed by atoms with Crippen LogP contribution in [0.1, 0.15) is 24.0 Å². The number of benzene rings is 1. The normalized spacial score (nSPS) is 18.2. The van der Waals surface area contributed by atoms with E-state index in [1.165, 1.54) is 4.31 Å². The van der Waals surface area contributed by atoms with Crippen LogP contribution in [-0.2, 0) is 21.4 Å². The van der Waals surface area contributed by atoms with Crippen LogP contribution >= 0.6 is 0 Å². The summed E-state index contributed by atoms with van der Waals surface area (Å²) >= 11 is 0. The smallest absolute Gasteiger partial charge is 0.243 e. The highest BCUT2D eigenvalue weighted by Crippen LogP contribution is 2.26. The zero-order valence-corrected chi connectivity index (χ0v) is 14.9. The summed E-state index contributed by atoms with van der Waals surface area (Å²) in [5, 5.41) is 2.82. The van der Waals surface area contributed by atoms with Gasteiger partial charge in [-0.05, 0) is 43.5 Å². The van der Waals surface area contributed by atoms with Crippen LogP contribution in [0.25, 0.3) is 0 Å². The Balaban J connectivity index is 1.73. The molecule has 1 aromatic carbocycles. The molecule has 1 saturated heterocycles. The van der Waals surface area contributed by atoms with E-state index in [0.717, 1.165) is 11.1 Å². The molecule has 1 amide bonds.